The SMILES string of the molecule is CC(C)(C)OC(=O)N1CCC(NC(=O)c2cc(Cl)cc3oc(-c4ccccc4)nc23)CC1. The Balaban J connectivity index is 1.46. The number of likely N-dealkylation sites (tertiary alicyclic amines) is 1. The second-order valence-electron chi connectivity index (χ2n) is 8.90. The fraction of sp³-hybridized carbons (Fsp3) is 0.375. The van der Waals surface area contributed by atoms with E-state index in [1.807, 2.05) is 51.1 Å². The van der Waals surface area contributed by atoms with Crippen molar-refractivity contribution in [2.75, 3.05) is 13.1 Å². The first-order chi connectivity index (χ1) is 15.2. The van der Waals surface area contributed by atoms with Crippen LogP contribution in [0.5, 0.6) is 0 Å². The molecule has 0 saturated carbocycles. The van der Waals surface area contributed by atoms with Gasteiger partial charge in [0.05, 0.1) is 5.56 Å². The second kappa shape index (κ2) is 8.82. The van der Waals surface area contributed by atoms with Gasteiger partial charge in [0, 0.05) is 35.8 Å². The third-order valence-electron chi connectivity index (χ3n) is 5.21. The molecule has 0 spiro atoms. The Hall–Kier alpha value is -3.06. The lowest BCUT2D eigenvalue weighted by molar-refractivity contribution is 0.0199. The molecule has 7 nitrogen and oxygen atoms in total. The Kier molecular flexibility index (Phi) is 6.11. The van der Waals surface area contributed by atoms with Crippen LogP contribution in [0.15, 0.2) is 46.9 Å². The lowest BCUT2D eigenvalue weighted by atomic mass is 10.0. The first-order valence-corrected chi connectivity index (χ1v) is 11.0. The molecule has 1 fully saturated rings. The van der Waals surface area contributed by atoms with Gasteiger partial charge in [0.15, 0.2) is 5.58 Å². The van der Waals surface area contributed by atoms with Gasteiger partial charge in [-0.25, -0.2) is 9.78 Å². The molecule has 1 saturated heterocycles. The standard InChI is InChI=1S/C24H26ClN3O4/c1-24(2,3)32-23(30)28-11-9-17(10-12-28)26-21(29)18-13-16(25)14-19-20(18)27-22(31-19)15-7-5-4-6-8-15/h4-8,13-14,17H,9-12H2,1-3H3,(H,26,29). The van der Waals surface area contributed by atoms with Gasteiger partial charge < -0.3 is 19.4 Å². The molecule has 0 unspecified atom stereocenters. The lowest BCUT2D eigenvalue weighted by Gasteiger charge is -2.33. The van der Waals surface area contributed by atoms with Crippen molar-refractivity contribution in [2.24, 2.45) is 0 Å². The number of piperidine rings is 1. The predicted octanol–water partition coefficient (Wildman–Crippen LogP) is 5.28. The third kappa shape index (κ3) is 5.05. The van der Waals surface area contributed by atoms with E-state index in [1.54, 1.807) is 17.0 Å². The van der Waals surface area contributed by atoms with Crippen molar-refractivity contribution in [3.05, 3.63) is 53.1 Å². The van der Waals surface area contributed by atoms with E-state index in [9.17, 15) is 9.59 Å². The quantitative estimate of drug-likeness (QED) is 0.581. The molecule has 0 bridgehead atoms. The zero-order valence-corrected chi connectivity index (χ0v) is 19.1. The van der Waals surface area contributed by atoms with Crippen LogP contribution >= 0.6 is 11.6 Å². The molecule has 0 radical (unpaired) electrons. The number of nitrogens with zero attached hydrogens (tertiary/aromatic N) is 2. The maximum Gasteiger partial charge on any atom is 0.410 e. The third-order valence-corrected chi connectivity index (χ3v) is 5.43. The number of aromatic nitrogens is 1. The average molecular weight is 456 g/mol. The largest absolute Gasteiger partial charge is 0.444 e. The van der Waals surface area contributed by atoms with E-state index >= 15 is 0 Å². The molecule has 1 aliphatic heterocycles. The predicted molar refractivity (Wildman–Crippen MR) is 123 cm³/mol. The minimum atomic E-state index is -0.531. The number of ether oxygens (including phenoxy) is 1. The molecule has 1 aromatic heterocycles. The van der Waals surface area contributed by atoms with Crippen LogP contribution in [0, 0.1) is 0 Å². The number of amides is 2. The molecule has 2 amide bonds. The summed E-state index contributed by atoms with van der Waals surface area (Å²) in [5, 5.41) is 3.45. The van der Waals surface area contributed by atoms with Crippen LogP contribution in [0.4, 0.5) is 4.79 Å². The highest BCUT2D eigenvalue weighted by molar-refractivity contribution is 6.32. The molecule has 1 N–H and O–H groups in total. The van der Waals surface area contributed by atoms with Crippen molar-refractivity contribution in [3.63, 3.8) is 0 Å². The van der Waals surface area contributed by atoms with Gasteiger partial charge in [-0.05, 0) is 51.8 Å². The summed E-state index contributed by atoms with van der Waals surface area (Å²) >= 11 is 6.25. The van der Waals surface area contributed by atoms with Gasteiger partial charge in [0.1, 0.15) is 11.1 Å². The summed E-state index contributed by atoms with van der Waals surface area (Å²) in [6, 6.07) is 12.7. The number of halogens is 1. The molecule has 32 heavy (non-hydrogen) atoms. The lowest BCUT2D eigenvalue weighted by Crippen LogP contribution is -2.47. The van der Waals surface area contributed by atoms with Crippen LogP contribution in [0.1, 0.15) is 44.0 Å². The number of hydrogen-bond donors (Lipinski definition) is 1. The van der Waals surface area contributed by atoms with Crippen LogP contribution in [-0.4, -0.2) is 46.6 Å². The highest BCUT2D eigenvalue weighted by Gasteiger charge is 2.28. The number of carbonyl (C=O) groups is 2. The summed E-state index contributed by atoms with van der Waals surface area (Å²) < 4.78 is 11.3. The smallest absolute Gasteiger partial charge is 0.410 e. The minimum absolute atomic E-state index is 0.0595. The van der Waals surface area contributed by atoms with Crippen molar-refractivity contribution in [1.82, 2.24) is 15.2 Å². The van der Waals surface area contributed by atoms with Gasteiger partial charge >= 0.3 is 6.09 Å². The Morgan fingerprint density at radius 1 is 1.16 bits per heavy atom. The Bertz CT molecular complexity index is 1130. The number of rotatable bonds is 3. The number of oxazole rings is 1. The second-order valence-corrected chi connectivity index (χ2v) is 9.34. The molecule has 1 aliphatic rings. The van der Waals surface area contributed by atoms with E-state index in [0.29, 0.717) is 53.5 Å². The van der Waals surface area contributed by atoms with Crippen LogP contribution in [-0.2, 0) is 4.74 Å². The van der Waals surface area contributed by atoms with Crippen molar-refractivity contribution in [1.29, 1.82) is 0 Å². The number of hydrogen-bond acceptors (Lipinski definition) is 5. The van der Waals surface area contributed by atoms with Gasteiger partial charge in [-0.3, -0.25) is 4.79 Å². The summed E-state index contributed by atoms with van der Waals surface area (Å²) in [5.74, 6) is 0.170. The summed E-state index contributed by atoms with van der Waals surface area (Å²) in [6.45, 7) is 6.57. The molecule has 2 aromatic carbocycles. The zero-order chi connectivity index (χ0) is 22.9. The number of nitrogens with one attached hydrogen (secondary N) is 1. The molecule has 2 heterocycles. The van der Waals surface area contributed by atoms with E-state index in [2.05, 4.69) is 10.3 Å². The number of fused-ring (bicyclic) bond motifs is 1. The van der Waals surface area contributed by atoms with Gasteiger partial charge in [0.25, 0.3) is 5.91 Å². The van der Waals surface area contributed by atoms with Crippen LogP contribution < -0.4 is 5.32 Å². The molecule has 0 atom stereocenters. The first-order valence-electron chi connectivity index (χ1n) is 10.6. The van der Waals surface area contributed by atoms with Crippen molar-refractivity contribution >= 4 is 34.7 Å². The van der Waals surface area contributed by atoms with E-state index in [4.69, 9.17) is 20.8 Å². The van der Waals surface area contributed by atoms with E-state index in [0.717, 1.165) is 5.56 Å². The maximum atomic E-state index is 13.1. The molecule has 168 valence electrons. The summed E-state index contributed by atoms with van der Waals surface area (Å²) in [6.07, 6.45) is 0.959. The monoisotopic (exact) mass is 455 g/mol. The van der Waals surface area contributed by atoms with E-state index in [1.165, 1.54) is 0 Å². The summed E-state index contributed by atoms with van der Waals surface area (Å²) in [4.78, 5) is 31.5. The Morgan fingerprint density at radius 3 is 2.50 bits per heavy atom. The maximum absolute atomic E-state index is 13.1. The molecule has 4 rings (SSSR count). The summed E-state index contributed by atoms with van der Waals surface area (Å²) in [5.41, 5.74) is 1.59. The minimum Gasteiger partial charge on any atom is -0.444 e. The van der Waals surface area contributed by atoms with Crippen molar-refractivity contribution in [3.8, 4) is 11.5 Å². The first kappa shape index (κ1) is 22.1. The van der Waals surface area contributed by atoms with Gasteiger partial charge in [-0.15, -0.1) is 0 Å². The van der Waals surface area contributed by atoms with Crippen molar-refractivity contribution in [2.45, 2.75) is 45.3 Å². The van der Waals surface area contributed by atoms with Crippen LogP contribution in [0.3, 0.4) is 0 Å². The van der Waals surface area contributed by atoms with Gasteiger partial charge in [-0.2, -0.15) is 0 Å². The Morgan fingerprint density at radius 2 is 1.84 bits per heavy atom. The fourth-order valence-corrected chi connectivity index (χ4v) is 3.88. The zero-order valence-electron chi connectivity index (χ0n) is 18.4. The highest BCUT2D eigenvalue weighted by atomic mass is 35.5. The van der Waals surface area contributed by atoms with Gasteiger partial charge in [-0.1, -0.05) is 29.8 Å². The summed E-state index contributed by atoms with van der Waals surface area (Å²) in [7, 11) is 0. The van der Waals surface area contributed by atoms with Crippen LogP contribution in [0.25, 0.3) is 22.6 Å². The fourth-order valence-electron chi connectivity index (χ4n) is 3.67. The van der Waals surface area contributed by atoms with Gasteiger partial charge in [0.2, 0.25) is 5.89 Å². The number of benzene rings is 2. The molecule has 8 heteroatoms. The Labute approximate surface area is 191 Å². The molecule has 3 aromatic rings. The highest BCUT2D eigenvalue weighted by Crippen LogP contribution is 2.29. The number of carbonyl (C=O) groups excluding carboxylic acids is 2. The molecular formula is C24H26ClN3O4. The molecule has 0 aliphatic carbocycles. The normalized spacial score (nSPS) is 15.1. The van der Waals surface area contributed by atoms with E-state index < -0.39 is 5.60 Å². The topological polar surface area (TPSA) is 84.7 Å². The van der Waals surface area contributed by atoms with Crippen molar-refractivity contribution < 1.29 is 18.7 Å². The van der Waals surface area contributed by atoms with Crippen LogP contribution in [0.2, 0.25) is 5.02 Å². The molecular weight excluding hydrogens is 430 g/mol. The van der Waals surface area contributed by atoms with E-state index in [-0.39, 0.29) is 18.0 Å². The average Bonchev–Trinajstić information content (AvgIpc) is 3.17.